The molecule has 1 fully saturated rings. The average molecular weight is 362 g/mol. The normalized spacial score (nSPS) is 17.6. The molecule has 1 aromatic rings. The minimum atomic E-state index is 0.00870. The Morgan fingerprint density at radius 3 is 2.48 bits per heavy atom. The summed E-state index contributed by atoms with van der Waals surface area (Å²) in [7, 11) is 2.04. The number of benzene rings is 1. The summed E-state index contributed by atoms with van der Waals surface area (Å²) in [6, 6.07) is 8.41. The monoisotopic (exact) mass is 361 g/mol. The summed E-state index contributed by atoms with van der Waals surface area (Å²) in [6.07, 6.45) is 6.32. The molecule has 138 valence electrons. The number of allylic oxidation sites excluding steroid dienone is 2. The third-order valence-corrected chi connectivity index (χ3v) is 5.76. The number of thioether (sulfide) groups is 1. The van der Waals surface area contributed by atoms with E-state index in [1.54, 1.807) is 4.90 Å². The molecular weight excluding hydrogens is 330 g/mol. The summed E-state index contributed by atoms with van der Waals surface area (Å²) < 4.78 is 0. The lowest BCUT2D eigenvalue weighted by Crippen LogP contribution is -2.27. The topological polar surface area (TPSA) is 44.4 Å². The number of carbonyl (C=O) groups excluding carboxylic acids is 1. The number of carbonyl (C=O) groups is 1. The van der Waals surface area contributed by atoms with Crippen molar-refractivity contribution in [2.45, 2.75) is 51.7 Å². The second-order valence-electron chi connectivity index (χ2n) is 6.05. The van der Waals surface area contributed by atoms with Crippen LogP contribution in [0.15, 0.2) is 34.9 Å². The zero-order valence-corrected chi connectivity index (χ0v) is 16.5. The van der Waals surface area contributed by atoms with Gasteiger partial charge in [-0.1, -0.05) is 32.4 Å². The Kier molecular flexibility index (Phi) is 8.19. The van der Waals surface area contributed by atoms with Crippen molar-refractivity contribution in [2.24, 2.45) is 0 Å². The number of nitrogens with one attached hydrogen (secondary N) is 2. The molecule has 0 spiro atoms. The molecule has 3 rings (SSSR count). The SMILES string of the molecule is CC.CNC1=C(SCc2ccc(N3CCNC3=O)cc2)CCCCC1. The first-order valence-electron chi connectivity index (χ1n) is 9.45. The molecule has 0 saturated carbocycles. The first kappa shape index (κ1) is 19.7. The van der Waals surface area contributed by atoms with E-state index in [9.17, 15) is 4.79 Å². The van der Waals surface area contributed by atoms with Crippen LogP contribution < -0.4 is 15.5 Å². The van der Waals surface area contributed by atoms with Crippen LogP contribution in [0, 0.1) is 0 Å². The summed E-state index contributed by atoms with van der Waals surface area (Å²) >= 11 is 1.96. The molecule has 0 aromatic heterocycles. The second-order valence-corrected chi connectivity index (χ2v) is 7.12. The maximum Gasteiger partial charge on any atom is 0.321 e. The van der Waals surface area contributed by atoms with E-state index >= 15 is 0 Å². The van der Waals surface area contributed by atoms with Gasteiger partial charge in [-0.25, -0.2) is 4.79 Å². The van der Waals surface area contributed by atoms with Crippen molar-refractivity contribution >= 4 is 23.5 Å². The standard InChI is InChI=1S/C18H25N3OS.C2H6/c1-19-16-5-3-2-4-6-17(16)23-13-14-7-9-15(10-8-14)21-12-11-20-18(21)22;1-2/h7-10,19H,2-6,11-13H2,1H3,(H,20,22);1-2H3. The van der Waals surface area contributed by atoms with Gasteiger partial charge >= 0.3 is 6.03 Å². The van der Waals surface area contributed by atoms with Crippen LogP contribution in [0.3, 0.4) is 0 Å². The van der Waals surface area contributed by atoms with Gasteiger partial charge in [0.05, 0.1) is 0 Å². The molecule has 2 amide bonds. The number of anilines is 1. The largest absolute Gasteiger partial charge is 0.391 e. The number of nitrogens with zero attached hydrogens (tertiary/aromatic N) is 1. The van der Waals surface area contributed by atoms with E-state index in [2.05, 4.69) is 34.9 Å². The van der Waals surface area contributed by atoms with E-state index in [1.165, 1.54) is 48.3 Å². The van der Waals surface area contributed by atoms with Gasteiger partial charge in [0.1, 0.15) is 0 Å². The molecule has 2 N–H and O–H groups in total. The highest BCUT2D eigenvalue weighted by molar-refractivity contribution is 8.02. The van der Waals surface area contributed by atoms with Crippen LogP contribution in [0.2, 0.25) is 0 Å². The Hall–Kier alpha value is -1.62. The van der Waals surface area contributed by atoms with Crippen molar-refractivity contribution in [3.05, 3.63) is 40.4 Å². The number of hydrogen-bond donors (Lipinski definition) is 2. The molecule has 1 saturated heterocycles. The van der Waals surface area contributed by atoms with Crippen LogP contribution >= 0.6 is 11.8 Å². The van der Waals surface area contributed by atoms with Crippen LogP contribution in [-0.4, -0.2) is 26.2 Å². The average Bonchev–Trinajstić information content (AvgIpc) is 2.96. The Balaban J connectivity index is 0.00000109. The quantitative estimate of drug-likeness (QED) is 0.786. The minimum Gasteiger partial charge on any atom is -0.391 e. The number of hydrogen-bond acceptors (Lipinski definition) is 3. The predicted molar refractivity (Wildman–Crippen MR) is 109 cm³/mol. The highest BCUT2D eigenvalue weighted by Gasteiger charge is 2.20. The van der Waals surface area contributed by atoms with E-state index in [0.29, 0.717) is 0 Å². The highest BCUT2D eigenvalue weighted by Crippen LogP contribution is 2.33. The van der Waals surface area contributed by atoms with Gasteiger partial charge in [0.15, 0.2) is 0 Å². The molecule has 0 bridgehead atoms. The molecule has 0 atom stereocenters. The van der Waals surface area contributed by atoms with E-state index in [4.69, 9.17) is 0 Å². The van der Waals surface area contributed by atoms with Crippen molar-refractivity contribution in [1.82, 2.24) is 10.6 Å². The fourth-order valence-electron chi connectivity index (χ4n) is 3.14. The number of rotatable bonds is 5. The van der Waals surface area contributed by atoms with E-state index < -0.39 is 0 Å². The van der Waals surface area contributed by atoms with Gasteiger partial charge in [-0.05, 0) is 43.4 Å². The third kappa shape index (κ3) is 5.43. The number of amides is 2. The first-order chi connectivity index (χ1) is 12.3. The first-order valence-corrected chi connectivity index (χ1v) is 10.4. The lowest BCUT2D eigenvalue weighted by Gasteiger charge is -2.15. The van der Waals surface area contributed by atoms with Gasteiger partial charge < -0.3 is 10.6 Å². The summed E-state index contributed by atoms with van der Waals surface area (Å²) in [5.74, 6) is 0.993. The zero-order chi connectivity index (χ0) is 18.1. The van der Waals surface area contributed by atoms with E-state index in [0.717, 1.165) is 24.5 Å². The molecule has 1 aliphatic heterocycles. The van der Waals surface area contributed by atoms with Gasteiger partial charge in [0.2, 0.25) is 0 Å². The summed E-state index contributed by atoms with van der Waals surface area (Å²) in [6.45, 7) is 5.49. The Morgan fingerprint density at radius 2 is 1.84 bits per heavy atom. The lowest BCUT2D eigenvalue weighted by atomic mass is 10.2. The summed E-state index contributed by atoms with van der Waals surface area (Å²) in [5.41, 5.74) is 3.72. The Morgan fingerprint density at radius 1 is 1.12 bits per heavy atom. The molecule has 1 heterocycles. The lowest BCUT2D eigenvalue weighted by molar-refractivity contribution is 0.252. The Bertz CT molecular complexity index is 583. The molecule has 0 unspecified atom stereocenters. The van der Waals surface area contributed by atoms with Crippen molar-refractivity contribution in [1.29, 1.82) is 0 Å². The molecule has 1 aliphatic carbocycles. The van der Waals surface area contributed by atoms with Gasteiger partial charge in [-0.2, -0.15) is 0 Å². The van der Waals surface area contributed by atoms with Crippen molar-refractivity contribution in [2.75, 3.05) is 25.0 Å². The van der Waals surface area contributed by atoms with Crippen LogP contribution in [0.4, 0.5) is 10.5 Å². The van der Waals surface area contributed by atoms with Gasteiger partial charge in [0.25, 0.3) is 0 Å². The zero-order valence-electron chi connectivity index (χ0n) is 15.7. The summed E-state index contributed by atoms with van der Waals surface area (Å²) in [5, 5.41) is 6.23. The molecule has 5 heteroatoms. The second kappa shape index (κ2) is 10.4. The van der Waals surface area contributed by atoms with Crippen LogP contribution in [0.1, 0.15) is 51.5 Å². The molecule has 2 aliphatic rings. The molecule has 1 aromatic carbocycles. The predicted octanol–water partition coefficient (Wildman–Crippen LogP) is 4.87. The third-order valence-electron chi connectivity index (χ3n) is 4.49. The molecule has 0 radical (unpaired) electrons. The maximum absolute atomic E-state index is 11.7. The Labute approximate surface area is 156 Å². The molecule has 25 heavy (non-hydrogen) atoms. The van der Waals surface area contributed by atoms with Crippen LogP contribution in [0.5, 0.6) is 0 Å². The van der Waals surface area contributed by atoms with Crippen molar-refractivity contribution < 1.29 is 4.79 Å². The minimum absolute atomic E-state index is 0.00870. The summed E-state index contributed by atoms with van der Waals surface area (Å²) in [4.78, 5) is 15.0. The van der Waals surface area contributed by atoms with Crippen molar-refractivity contribution in [3.8, 4) is 0 Å². The van der Waals surface area contributed by atoms with Crippen LogP contribution in [-0.2, 0) is 5.75 Å². The fraction of sp³-hybridized carbons (Fsp3) is 0.550. The smallest absolute Gasteiger partial charge is 0.321 e. The molecule has 4 nitrogen and oxygen atoms in total. The fourth-order valence-corrected chi connectivity index (χ4v) is 4.34. The highest BCUT2D eigenvalue weighted by atomic mass is 32.2. The van der Waals surface area contributed by atoms with Crippen LogP contribution in [0.25, 0.3) is 0 Å². The molecular formula is C20H31N3OS. The maximum atomic E-state index is 11.7. The van der Waals surface area contributed by atoms with Gasteiger partial charge in [-0.3, -0.25) is 4.90 Å². The van der Waals surface area contributed by atoms with Gasteiger partial charge in [-0.15, -0.1) is 11.8 Å². The van der Waals surface area contributed by atoms with E-state index in [-0.39, 0.29) is 6.03 Å². The van der Waals surface area contributed by atoms with E-state index in [1.807, 2.05) is 32.7 Å². The van der Waals surface area contributed by atoms with Gasteiger partial charge in [0, 0.05) is 42.2 Å². The van der Waals surface area contributed by atoms with Crippen molar-refractivity contribution in [3.63, 3.8) is 0 Å². The number of urea groups is 1.